The summed E-state index contributed by atoms with van der Waals surface area (Å²) in [4.78, 5) is 20.7. The SMILES string of the molecule is O=Cc1ccc(Cl)c(C=CC(=O)O)c1. The standard InChI is InChI=1S/C10H7ClO3/c11-9-3-1-7(6-12)5-8(9)2-4-10(13)14/h1-6H,(H,13,14). The number of carbonyl (C=O) groups is 2. The van der Waals surface area contributed by atoms with Crippen molar-refractivity contribution in [3.8, 4) is 0 Å². The van der Waals surface area contributed by atoms with Crippen LogP contribution in [0.3, 0.4) is 0 Å². The van der Waals surface area contributed by atoms with E-state index in [4.69, 9.17) is 16.7 Å². The highest BCUT2D eigenvalue weighted by Crippen LogP contribution is 2.18. The molecular weight excluding hydrogens is 204 g/mol. The molecular formula is C10H7ClO3. The molecule has 72 valence electrons. The van der Waals surface area contributed by atoms with Crippen molar-refractivity contribution < 1.29 is 14.7 Å². The number of rotatable bonds is 3. The lowest BCUT2D eigenvalue weighted by Gasteiger charge is -1.98. The van der Waals surface area contributed by atoms with Crippen LogP contribution in [0.1, 0.15) is 15.9 Å². The zero-order chi connectivity index (χ0) is 10.6. The molecule has 1 aromatic rings. The summed E-state index contributed by atoms with van der Waals surface area (Å²) >= 11 is 5.78. The lowest BCUT2D eigenvalue weighted by atomic mass is 10.1. The molecule has 0 radical (unpaired) electrons. The molecule has 0 amide bonds. The third-order valence-electron chi connectivity index (χ3n) is 1.56. The van der Waals surface area contributed by atoms with Gasteiger partial charge in [0.1, 0.15) is 6.29 Å². The van der Waals surface area contributed by atoms with Crippen LogP contribution in [-0.2, 0) is 4.79 Å². The van der Waals surface area contributed by atoms with E-state index in [1.165, 1.54) is 12.1 Å². The molecule has 0 spiro atoms. The first-order valence-electron chi connectivity index (χ1n) is 3.79. The molecule has 0 saturated heterocycles. The van der Waals surface area contributed by atoms with Gasteiger partial charge < -0.3 is 5.11 Å². The minimum atomic E-state index is -1.06. The lowest BCUT2D eigenvalue weighted by Crippen LogP contribution is -1.87. The molecule has 0 heterocycles. The number of aldehydes is 1. The highest BCUT2D eigenvalue weighted by molar-refractivity contribution is 6.32. The predicted octanol–water partition coefficient (Wildman–Crippen LogP) is 2.25. The first kappa shape index (κ1) is 10.5. The minimum absolute atomic E-state index is 0.410. The van der Waals surface area contributed by atoms with Crippen LogP contribution in [0, 0.1) is 0 Å². The number of benzene rings is 1. The van der Waals surface area contributed by atoms with Crippen molar-refractivity contribution in [2.45, 2.75) is 0 Å². The van der Waals surface area contributed by atoms with E-state index in [2.05, 4.69) is 0 Å². The Labute approximate surface area is 85.6 Å². The van der Waals surface area contributed by atoms with Gasteiger partial charge in [0.15, 0.2) is 0 Å². The predicted molar refractivity (Wildman–Crippen MR) is 53.5 cm³/mol. The summed E-state index contributed by atoms with van der Waals surface area (Å²) in [6, 6.07) is 4.63. The Hall–Kier alpha value is -1.61. The summed E-state index contributed by atoms with van der Waals surface area (Å²) in [5, 5.41) is 8.80. The number of carboxylic acids is 1. The first-order chi connectivity index (χ1) is 6.63. The molecule has 3 nitrogen and oxygen atoms in total. The number of aliphatic carboxylic acids is 1. The maximum Gasteiger partial charge on any atom is 0.328 e. The maximum atomic E-state index is 10.4. The van der Waals surface area contributed by atoms with E-state index in [-0.39, 0.29) is 0 Å². The smallest absolute Gasteiger partial charge is 0.328 e. The molecule has 0 bridgehead atoms. The van der Waals surface area contributed by atoms with Crippen molar-refractivity contribution >= 4 is 29.9 Å². The van der Waals surface area contributed by atoms with E-state index in [0.717, 1.165) is 6.08 Å². The van der Waals surface area contributed by atoms with Gasteiger partial charge >= 0.3 is 5.97 Å². The maximum absolute atomic E-state index is 10.4. The fourth-order valence-corrected chi connectivity index (χ4v) is 1.10. The second-order valence-corrected chi connectivity index (χ2v) is 2.98. The highest BCUT2D eigenvalue weighted by Gasteiger charge is 1.98. The number of hydrogen-bond acceptors (Lipinski definition) is 2. The van der Waals surface area contributed by atoms with E-state index in [0.29, 0.717) is 22.4 Å². The molecule has 0 aliphatic heterocycles. The van der Waals surface area contributed by atoms with Crippen molar-refractivity contribution in [1.29, 1.82) is 0 Å². The Bertz CT molecular complexity index is 396. The molecule has 1 aromatic carbocycles. The van der Waals surface area contributed by atoms with Crippen LogP contribution in [-0.4, -0.2) is 17.4 Å². The van der Waals surface area contributed by atoms with Gasteiger partial charge in [0.05, 0.1) is 0 Å². The van der Waals surface area contributed by atoms with E-state index >= 15 is 0 Å². The van der Waals surface area contributed by atoms with Gasteiger partial charge in [0.25, 0.3) is 0 Å². The summed E-state index contributed by atoms with van der Waals surface area (Å²) in [5.41, 5.74) is 0.970. The molecule has 14 heavy (non-hydrogen) atoms. The van der Waals surface area contributed by atoms with Crippen LogP contribution in [0.2, 0.25) is 5.02 Å². The zero-order valence-corrected chi connectivity index (χ0v) is 7.86. The van der Waals surface area contributed by atoms with Gasteiger partial charge in [-0.15, -0.1) is 0 Å². The Morgan fingerprint density at radius 1 is 1.43 bits per heavy atom. The Morgan fingerprint density at radius 3 is 2.71 bits per heavy atom. The van der Waals surface area contributed by atoms with Gasteiger partial charge in [0.2, 0.25) is 0 Å². The molecule has 4 heteroatoms. The zero-order valence-electron chi connectivity index (χ0n) is 7.11. The second kappa shape index (κ2) is 4.58. The van der Waals surface area contributed by atoms with E-state index in [9.17, 15) is 9.59 Å². The molecule has 0 atom stereocenters. The van der Waals surface area contributed by atoms with E-state index < -0.39 is 5.97 Å². The average molecular weight is 211 g/mol. The van der Waals surface area contributed by atoms with Crippen LogP contribution in [0.15, 0.2) is 24.3 Å². The Morgan fingerprint density at radius 2 is 2.14 bits per heavy atom. The minimum Gasteiger partial charge on any atom is -0.478 e. The average Bonchev–Trinajstić information content (AvgIpc) is 2.16. The topological polar surface area (TPSA) is 54.4 Å². The molecule has 0 aliphatic rings. The third kappa shape index (κ3) is 2.71. The summed E-state index contributed by atoms with van der Waals surface area (Å²) in [6.45, 7) is 0. The van der Waals surface area contributed by atoms with Crippen LogP contribution in [0.4, 0.5) is 0 Å². The van der Waals surface area contributed by atoms with Gasteiger partial charge in [-0.25, -0.2) is 4.79 Å². The Balaban J connectivity index is 3.06. The summed E-state index contributed by atoms with van der Waals surface area (Å²) < 4.78 is 0. The van der Waals surface area contributed by atoms with Crippen molar-refractivity contribution in [3.63, 3.8) is 0 Å². The molecule has 1 N–H and O–H groups in total. The van der Waals surface area contributed by atoms with Gasteiger partial charge in [-0.2, -0.15) is 0 Å². The van der Waals surface area contributed by atoms with E-state index in [1.54, 1.807) is 12.1 Å². The van der Waals surface area contributed by atoms with Crippen LogP contribution >= 0.6 is 11.6 Å². The molecule has 1 rings (SSSR count). The van der Waals surface area contributed by atoms with Crippen molar-refractivity contribution in [2.24, 2.45) is 0 Å². The molecule has 0 saturated carbocycles. The normalized spacial score (nSPS) is 10.4. The molecule has 0 unspecified atom stereocenters. The quantitative estimate of drug-likeness (QED) is 0.615. The van der Waals surface area contributed by atoms with Gasteiger partial charge in [-0.05, 0) is 23.8 Å². The van der Waals surface area contributed by atoms with Crippen LogP contribution in [0.5, 0.6) is 0 Å². The highest BCUT2D eigenvalue weighted by atomic mass is 35.5. The van der Waals surface area contributed by atoms with Crippen LogP contribution in [0.25, 0.3) is 6.08 Å². The number of hydrogen-bond donors (Lipinski definition) is 1. The van der Waals surface area contributed by atoms with Gasteiger partial charge in [0, 0.05) is 16.7 Å². The van der Waals surface area contributed by atoms with Gasteiger partial charge in [-0.1, -0.05) is 17.7 Å². The number of carbonyl (C=O) groups excluding carboxylic acids is 1. The van der Waals surface area contributed by atoms with Gasteiger partial charge in [-0.3, -0.25) is 4.79 Å². The lowest BCUT2D eigenvalue weighted by molar-refractivity contribution is -0.131. The second-order valence-electron chi connectivity index (χ2n) is 2.57. The molecule has 0 aliphatic carbocycles. The van der Waals surface area contributed by atoms with E-state index in [1.807, 2.05) is 0 Å². The molecule has 0 aromatic heterocycles. The van der Waals surface area contributed by atoms with Crippen molar-refractivity contribution in [1.82, 2.24) is 0 Å². The fourth-order valence-electron chi connectivity index (χ4n) is 0.924. The largest absolute Gasteiger partial charge is 0.478 e. The van der Waals surface area contributed by atoms with Crippen molar-refractivity contribution in [2.75, 3.05) is 0 Å². The number of carboxylic acid groups (broad SMARTS) is 1. The van der Waals surface area contributed by atoms with Crippen LogP contribution < -0.4 is 0 Å². The monoisotopic (exact) mass is 210 g/mol. The molecule has 0 fully saturated rings. The van der Waals surface area contributed by atoms with Crippen molar-refractivity contribution in [3.05, 3.63) is 40.4 Å². The summed E-state index contributed by atoms with van der Waals surface area (Å²) in [6.07, 6.45) is 2.99. The summed E-state index contributed by atoms with van der Waals surface area (Å²) in [7, 11) is 0. The number of halogens is 1. The summed E-state index contributed by atoms with van der Waals surface area (Å²) in [5.74, 6) is -1.06. The third-order valence-corrected chi connectivity index (χ3v) is 1.91. The first-order valence-corrected chi connectivity index (χ1v) is 4.17. The fraction of sp³-hybridized carbons (Fsp3) is 0. The Kier molecular flexibility index (Phi) is 3.42.